The van der Waals surface area contributed by atoms with Gasteiger partial charge in [-0.1, -0.05) is 0 Å². The summed E-state index contributed by atoms with van der Waals surface area (Å²) in [6.45, 7) is 1.20. The van der Waals surface area contributed by atoms with Crippen molar-refractivity contribution in [3.05, 3.63) is 18.0 Å². The molecule has 1 fully saturated rings. The number of hydrogen-bond acceptors (Lipinski definition) is 3. The number of sulfonamides is 1. The molecule has 0 spiro atoms. The monoisotopic (exact) mass is 243 g/mol. The third kappa shape index (κ3) is 2.84. The Morgan fingerprint density at radius 1 is 1.50 bits per heavy atom. The van der Waals surface area contributed by atoms with Crippen molar-refractivity contribution in [3.63, 3.8) is 0 Å². The van der Waals surface area contributed by atoms with E-state index >= 15 is 0 Å². The number of nitrogens with one attached hydrogen (secondary N) is 3. The van der Waals surface area contributed by atoms with Crippen LogP contribution in [0, 0.1) is 5.92 Å². The van der Waals surface area contributed by atoms with Crippen LogP contribution in [0.1, 0.15) is 18.5 Å². The van der Waals surface area contributed by atoms with E-state index < -0.39 is 10.0 Å². The summed E-state index contributed by atoms with van der Waals surface area (Å²) in [6.07, 6.45) is 3.81. The minimum atomic E-state index is -3.32. The summed E-state index contributed by atoms with van der Waals surface area (Å²) in [5.74, 6) is 0.547. The molecule has 0 atom stereocenters. The molecule has 3 N–H and O–H groups in total. The molecule has 0 bridgehead atoms. The number of rotatable bonds is 6. The van der Waals surface area contributed by atoms with Gasteiger partial charge in [0.25, 0.3) is 0 Å². The van der Waals surface area contributed by atoms with E-state index in [-0.39, 0.29) is 0 Å². The maximum Gasteiger partial charge on any atom is 0.242 e. The topological polar surface area (TPSA) is 74.0 Å². The van der Waals surface area contributed by atoms with E-state index in [0.717, 1.165) is 18.5 Å². The Kier molecular flexibility index (Phi) is 3.32. The molecule has 2 rings (SSSR count). The highest BCUT2D eigenvalue weighted by Crippen LogP contribution is 2.28. The summed E-state index contributed by atoms with van der Waals surface area (Å²) in [5, 5.41) is 2.96. The molecule has 1 aliphatic carbocycles. The average Bonchev–Trinajstić information content (AvgIpc) is 2.95. The van der Waals surface area contributed by atoms with Gasteiger partial charge in [0.05, 0.1) is 4.90 Å². The molecule has 1 heterocycles. The molecule has 1 saturated carbocycles. The predicted octanol–water partition coefficient (Wildman–Crippen LogP) is 0.422. The molecular formula is C10H17N3O2S. The van der Waals surface area contributed by atoms with Crippen molar-refractivity contribution in [2.45, 2.75) is 24.3 Å². The van der Waals surface area contributed by atoms with E-state index in [4.69, 9.17) is 0 Å². The standard InChI is InChI=1S/C10H17N3O2S/c1-11-6-9-4-10(7-12-9)16(14,15)13-5-8-2-3-8/h4,7-8,11-13H,2-3,5-6H2,1H3. The Morgan fingerprint density at radius 2 is 2.25 bits per heavy atom. The van der Waals surface area contributed by atoms with Gasteiger partial charge < -0.3 is 10.3 Å². The number of aromatic amines is 1. The van der Waals surface area contributed by atoms with Crippen LogP contribution in [0.3, 0.4) is 0 Å². The van der Waals surface area contributed by atoms with Crippen LogP contribution in [0.15, 0.2) is 17.2 Å². The Labute approximate surface area is 95.7 Å². The van der Waals surface area contributed by atoms with Crippen molar-refractivity contribution < 1.29 is 8.42 Å². The third-order valence-corrected chi connectivity index (χ3v) is 4.06. The maximum atomic E-state index is 11.8. The molecule has 90 valence electrons. The number of hydrogen-bond donors (Lipinski definition) is 3. The van der Waals surface area contributed by atoms with Crippen LogP contribution in [0.2, 0.25) is 0 Å². The van der Waals surface area contributed by atoms with Crippen LogP contribution in [-0.2, 0) is 16.6 Å². The Morgan fingerprint density at radius 3 is 2.88 bits per heavy atom. The summed E-state index contributed by atoms with van der Waals surface area (Å²) in [7, 11) is -1.50. The summed E-state index contributed by atoms with van der Waals surface area (Å²) >= 11 is 0. The van der Waals surface area contributed by atoms with Crippen molar-refractivity contribution in [2.75, 3.05) is 13.6 Å². The Balaban J connectivity index is 2.02. The Bertz CT molecular complexity index is 448. The normalized spacial score (nSPS) is 16.6. The van der Waals surface area contributed by atoms with Crippen molar-refractivity contribution in [1.82, 2.24) is 15.0 Å². The molecule has 16 heavy (non-hydrogen) atoms. The molecule has 1 aromatic rings. The second kappa shape index (κ2) is 4.57. The molecule has 5 nitrogen and oxygen atoms in total. The van der Waals surface area contributed by atoms with Gasteiger partial charge >= 0.3 is 0 Å². The second-order valence-electron chi connectivity index (χ2n) is 4.19. The molecule has 6 heteroatoms. The van der Waals surface area contributed by atoms with Gasteiger partial charge in [-0.25, -0.2) is 13.1 Å². The average molecular weight is 243 g/mol. The predicted molar refractivity (Wildman–Crippen MR) is 61.5 cm³/mol. The van der Waals surface area contributed by atoms with Gasteiger partial charge in [-0.05, 0) is 31.9 Å². The van der Waals surface area contributed by atoms with Gasteiger partial charge in [-0.2, -0.15) is 0 Å². The van der Waals surface area contributed by atoms with E-state index in [2.05, 4.69) is 15.0 Å². The molecule has 0 saturated heterocycles. The van der Waals surface area contributed by atoms with Gasteiger partial charge in [0, 0.05) is 25.0 Å². The van der Waals surface area contributed by atoms with E-state index in [1.54, 1.807) is 6.07 Å². The second-order valence-corrected chi connectivity index (χ2v) is 5.95. The summed E-state index contributed by atoms with van der Waals surface area (Å²) in [6, 6.07) is 1.66. The first-order valence-corrected chi connectivity index (χ1v) is 6.91. The lowest BCUT2D eigenvalue weighted by Crippen LogP contribution is -2.25. The summed E-state index contributed by atoms with van der Waals surface area (Å²) < 4.78 is 26.3. The van der Waals surface area contributed by atoms with Crippen LogP contribution in [0.25, 0.3) is 0 Å². The van der Waals surface area contributed by atoms with Crippen LogP contribution in [0.5, 0.6) is 0 Å². The fraction of sp³-hybridized carbons (Fsp3) is 0.600. The quantitative estimate of drug-likeness (QED) is 0.678. The minimum Gasteiger partial charge on any atom is -0.363 e. The van der Waals surface area contributed by atoms with Crippen molar-refractivity contribution in [3.8, 4) is 0 Å². The molecule has 0 aliphatic heterocycles. The van der Waals surface area contributed by atoms with Crippen molar-refractivity contribution >= 4 is 10.0 Å². The molecule has 1 aliphatic rings. The lowest BCUT2D eigenvalue weighted by molar-refractivity contribution is 0.577. The zero-order valence-corrected chi connectivity index (χ0v) is 10.1. The number of H-pyrrole nitrogens is 1. The van der Waals surface area contributed by atoms with Crippen LogP contribution in [0.4, 0.5) is 0 Å². The van der Waals surface area contributed by atoms with E-state index in [0.29, 0.717) is 23.9 Å². The fourth-order valence-electron chi connectivity index (χ4n) is 1.50. The Hall–Kier alpha value is -0.850. The van der Waals surface area contributed by atoms with Gasteiger partial charge in [0.1, 0.15) is 0 Å². The minimum absolute atomic E-state index is 0.318. The van der Waals surface area contributed by atoms with Crippen molar-refractivity contribution in [2.24, 2.45) is 5.92 Å². The van der Waals surface area contributed by atoms with Crippen molar-refractivity contribution in [1.29, 1.82) is 0 Å². The SMILES string of the molecule is CNCc1cc(S(=O)(=O)NCC2CC2)c[nH]1. The third-order valence-electron chi connectivity index (χ3n) is 2.65. The lowest BCUT2D eigenvalue weighted by atomic mass is 10.4. The maximum absolute atomic E-state index is 11.8. The van der Waals surface area contributed by atoms with Crippen LogP contribution in [-0.4, -0.2) is 27.0 Å². The van der Waals surface area contributed by atoms with Crippen LogP contribution >= 0.6 is 0 Å². The smallest absolute Gasteiger partial charge is 0.242 e. The van der Waals surface area contributed by atoms with Crippen LogP contribution < -0.4 is 10.0 Å². The summed E-state index contributed by atoms with van der Waals surface area (Å²) in [5.41, 5.74) is 0.870. The number of aromatic nitrogens is 1. The van der Waals surface area contributed by atoms with E-state index in [1.165, 1.54) is 6.20 Å². The molecule has 0 unspecified atom stereocenters. The van der Waals surface area contributed by atoms with E-state index in [1.807, 2.05) is 7.05 Å². The molecule has 1 aromatic heterocycles. The molecule has 0 amide bonds. The molecular weight excluding hydrogens is 226 g/mol. The highest BCUT2D eigenvalue weighted by atomic mass is 32.2. The highest BCUT2D eigenvalue weighted by molar-refractivity contribution is 7.89. The van der Waals surface area contributed by atoms with Gasteiger partial charge in [-0.15, -0.1) is 0 Å². The molecule has 0 aromatic carbocycles. The van der Waals surface area contributed by atoms with E-state index in [9.17, 15) is 8.42 Å². The first-order chi connectivity index (χ1) is 7.62. The van der Waals surface area contributed by atoms with Gasteiger partial charge in [0.2, 0.25) is 10.0 Å². The zero-order valence-electron chi connectivity index (χ0n) is 9.29. The van der Waals surface area contributed by atoms with Gasteiger partial charge in [0.15, 0.2) is 0 Å². The fourth-order valence-corrected chi connectivity index (χ4v) is 2.63. The van der Waals surface area contributed by atoms with Gasteiger partial charge in [-0.3, -0.25) is 0 Å². The molecule has 0 radical (unpaired) electrons. The lowest BCUT2D eigenvalue weighted by Gasteiger charge is -2.02. The zero-order chi connectivity index (χ0) is 11.6. The summed E-state index contributed by atoms with van der Waals surface area (Å²) in [4.78, 5) is 3.25. The highest BCUT2D eigenvalue weighted by Gasteiger charge is 2.24. The first-order valence-electron chi connectivity index (χ1n) is 5.43. The largest absolute Gasteiger partial charge is 0.363 e. The first kappa shape index (κ1) is 11.6.